The van der Waals surface area contributed by atoms with Crippen LogP contribution in [0.1, 0.15) is 59.4 Å². The SMILES string of the molecule is COC(=O)CC[C@H](NC(=O)CN=[N+]=[N-])C(=O)N[C@H](C(=O)N[C@@H](CCNC(=O)OC(C)(C)C)C(=O)Nc1ccc(CO)cc1)C(C)C. The van der Waals surface area contributed by atoms with Gasteiger partial charge in [-0.3, -0.25) is 24.0 Å². The summed E-state index contributed by atoms with van der Waals surface area (Å²) in [6.07, 6.45) is -1.18. The van der Waals surface area contributed by atoms with Crippen LogP contribution in [0.2, 0.25) is 0 Å². The number of azide groups is 1. The fourth-order valence-electron chi connectivity index (χ4n) is 3.84. The number of aliphatic hydroxyl groups excluding tert-OH is 1. The molecule has 1 aromatic carbocycles. The van der Waals surface area contributed by atoms with Crippen LogP contribution in [0.4, 0.5) is 10.5 Å². The van der Waals surface area contributed by atoms with Gasteiger partial charge in [-0.05, 0) is 62.8 Å². The summed E-state index contributed by atoms with van der Waals surface area (Å²) >= 11 is 0. The molecule has 0 saturated carbocycles. The van der Waals surface area contributed by atoms with Gasteiger partial charge in [0.05, 0.1) is 13.7 Å². The number of hydrogen-bond acceptors (Lipinski definition) is 10. The molecule has 46 heavy (non-hydrogen) atoms. The van der Waals surface area contributed by atoms with Crippen LogP contribution in [-0.2, 0) is 40.1 Å². The summed E-state index contributed by atoms with van der Waals surface area (Å²) in [4.78, 5) is 78.5. The molecule has 17 nitrogen and oxygen atoms in total. The van der Waals surface area contributed by atoms with Crippen LogP contribution in [-0.4, -0.2) is 84.7 Å². The Balaban J connectivity index is 3.14. The fraction of sp³-hybridized carbons (Fsp3) is 0.586. The number of hydrogen-bond donors (Lipinski definition) is 6. The van der Waals surface area contributed by atoms with Crippen LogP contribution in [0.25, 0.3) is 10.4 Å². The molecule has 0 heterocycles. The minimum Gasteiger partial charge on any atom is -0.469 e. The molecule has 0 fully saturated rings. The topological polar surface area (TPSA) is 250 Å². The Morgan fingerprint density at radius 2 is 1.57 bits per heavy atom. The van der Waals surface area contributed by atoms with Crippen molar-refractivity contribution in [3.63, 3.8) is 0 Å². The minimum atomic E-state index is -1.28. The molecule has 0 spiro atoms. The molecule has 0 aliphatic carbocycles. The molecule has 0 unspecified atom stereocenters. The summed E-state index contributed by atoms with van der Waals surface area (Å²) in [6, 6.07) is 2.70. The van der Waals surface area contributed by atoms with Crippen LogP contribution < -0.4 is 26.6 Å². The number of benzene rings is 1. The summed E-state index contributed by atoms with van der Waals surface area (Å²) < 4.78 is 9.82. The third-order valence-electron chi connectivity index (χ3n) is 6.18. The summed E-state index contributed by atoms with van der Waals surface area (Å²) in [5.41, 5.74) is 8.74. The van der Waals surface area contributed by atoms with Gasteiger partial charge in [0.15, 0.2) is 0 Å². The molecule has 6 N–H and O–H groups in total. The van der Waals surface area contributed by atoms with E-state index < -0.39 is 71.9 Å². The highest BCUT2D eigenvalue weighted by Gasteiger charge is 2.32. The Bertz CT molecular complexity index is 1260. The Kier molecular flexibility index (Phi) is 16.6. The van der Waals surface area contributed by atoms with Gasteiger partial charge in [0.25, 0.3) is 0 Å². The molecule has 5 amide bonds. The molecular formula is C29H44N8O9. The second kappa shape index (κ2) is 19.5. The summed E-state index contributed by atoms with van der Waals surface area (Å²) in [6.45, 7) is 7.54. The Morgan fingerprint density at radius 1 is 0.935 bits per heavy atom. The van der Waals surface area contributed by atoms with E-state index in [9.17, 15) is 33.9 Å². The average Bonchev–Trinajstić information content (AvgIpc) is 2.99. The molecule has 17 heteroatoms. The highest BCUT2D eigenvalue weighted by molar-refractivity contribution is 5.99. The third kappa shape index (κ3) is 15.2. The monoisotopic (exact) mass is 648 g/mol. The van der Waals surface area contributed by atoms with Gasteiger partial charge in [0, 0.05) is 23.6 Å². The Morgan fingerprint density at radius 3 is 2.11 bits per heavy atom. The predicted molar refractivity (Wildman–Crippen MR) is 166 cm³/mol. The van der Waals surface area contributed by atoms with Crippen molar-refractivity contribution in [2.24, 2.45) is 11.0 Å². The van der Waals surface area contributed by atoms with E-state index in [0.29, 0.717) is 11.3 Å². The number of aliphatic hydroxyl groups is 1. The zero-order valence-corrected chi connectivity index (χ0v) is 26.9. The first kappa shape index (κ1) is 39.1. The highest BCUT2D eigenvalue weighted by Crippen LogP contribution is 2.12. The van der Waals surface area contributed by atoms with Gasteiger partial charge in [-0.15, -0.1) is 0 Å². The van der Waals surface area contributed by atoms with Gasteiger partial charge in [0.1, 0.15) is 30.3 Å². The van der Waals surface area contributed by atoms with Crippen LogP contribution in [0.5, 0.6) is 0 Å². The molecule has 0 bridgehead atoms. The van der Waals surface area contributed by atoms with Crippen molar-refractivity contribution in [1.29, 1.82) is 0 Å². The first-order valence-electron chi connectivity index (χ1n) is 14.5. The van der Waals surface area contributed by atoms with Crippen LogP contribution in [0.15, 0.2) is 29.4 Å². The zero-order chi connectivity index (χ0) is 34.9. The fourth-order valence-corrected chi connectivity index (χ4v) is 3.84. The number of alkyl carbamates (subject to hydrolysis) is 1. The van der Waals surface area contributed by atoms with E-state index >= 15 is 0 Å². The van der Waals surface area contributed by atoms with E-state index in [0.717, 1.165) is 7.11 Å². The lowest BCUT2D eigenvalue weighted by Gasteiger charge is -2.27. The molecule has 0 saturated heterocycles. The average molecular weight is 649 g/mol. The van der Waals surface area contributed by atoms with Crippen LogP contribution in [0, 0.1) is 5.92 Å². The molecule has 3 atom stereocenters. The van der Waals surface area contributed by atoms with Crippen molar-refractivity contribution < 1.29 is 43.3 Å². The van der Waals surface area contributed by atoms with Crippen molar-refractivity contribution in [3.8, 4) is 0 Å². The summed E-state index contributed by atoms with van der Waals surface area (Å²) in [5.74, 6) is -4.08. The largest absolute Gasteiger partial charge is 0.469 e. The first-order chi connectivity index (χ1) is 21.6. The number of esters is 1. The van der Waals surface area contributed by atoms with E-state index in [-0.39, 0.29) is 32.4 Å². The van der Waals surface area contributed by atoms with Gasteiger partial charge >= 0.3 is 12.1 Å². The number of methoxy groups -OCH3 is 1. The van der Waals surface area contributed by atoms with Crippen molar-refractivity contribution >= 4 is 41.4 Å². The lowest BCUT2D eigenvalue weighted by atomic mass is 10.0. The first-order valence-corrected chi connectivity index (χ1v) is 14.5. The molecular weight excluding hydrogens is 604 g/mol. The maximum Gasteiger partial charge on any atom is 0.407 e. The van der Waals surface area contributed by atoms with Gasteiger partial charge in [-0.25, -0.2) is 4.79 Å². The number of amides is 5. The van der Waals surface area contributed by atoms with Crippen molar-refractivity contribution in [2.75, 3.05) is 25.5 Å². The number of carbonyl (C=O) groups is 6. The van der Waals surface area contributed by atoms with Gasteiger partial charge in [-0.2, -0.15) is 0 Å². The van der Waals surface area contributed by atoms with E-state index in [4.69, 9.17) is 10.3 Å². The molecule has 0 aliphatic heterocycles. The normalized spacial score (nSPS) is 12.8. The lowest BCUT2D eigenvalue weighted by Crippen LogP contribution is -2.58. The zero-order valence-electron chi connectivity index (χ0n) is 26.9. The quantitative estimate of drug-likeness (QED) is 0.0617. The Hall–Kier alpha value is -4.89. The molecule has 0 aliphatic rings. The van der Waals surface area contributed by atoms with Gasteiger partial charge in [-0.1, -0.05) is 31.1 Å². The predicted octanol–water partition coefficient (Wildman–Crippen LogP) is 1.41. The standard InChI is InChI=1S/C29H44N8O9/c1-17(2)24(36-26(42)20(11-12-23(40)45-6)34-22(39)15-32-37-30)27(43)35-21(13-14-31-28(44)46-29(3,4)5)25(41)33-19-9-7-18(16-38)8-10-19/h7-10,17,20-21,24,38H,11-16H2,1-6H3,(H,31,44)(H,33,41)(H,34,39)(H,35,43)(H,36,42)/t20-,21-,24-/m0/s1. The van der Waals surface area contributed by atoms with E-state index in [1.54, 1.807) is 58.9 Å². The number of ether oxygens (including phenoxy) is 2. The summed E-state index contributed by atoms with van der Waals surface area (Å²) in [7, 11) is 1.16. The highest BCUT2D eigenvalue weighted by atomic mass is 16.6. The van der Waals surface area contributed by atoms with Gasteiger partial charge < -0.3 is 41.2 Å². The van der Waals surface area contributed by atoms with Crippen molar-refractivity contribution in [1.82, 2.24) is 21.3 Å². The second-order valence-corrected chi connectivity index (χ2v) is 11.5. The Labute approximate surface area is 267 Å². The molecule has 254 valence electrons. The van der Waals surface area contributed by atoms with Crippen molar-refractivity contribution in [2.45, 2.75) is 84.2 Å². The molecule has 0 aromatic heterocycles. The molecule has 1 rings (SSSR count). The van der Waals surface area contributed by atoms with E-state index in [2.05, 4.69) is 41.3 Å². The van der Waals surface area contributed by atoms with Crippen LogP contribution >= 0.6 is 0 Å². The maximum atomic E-state index is 13.5. The number of nitrogens with one attached hydrogen (secondary N) is 5. The van der Waals surface area contributed by atoms with E-state index in [1.807, 2.05) is 0 Å². The second-order valence-electron chi connectivity index (χ2n) is 11.5. The molecule has 1 aromatic rings. The number of carbonyl (C=O) groups excluding carboxylic acids is 6. The lowest BCUT2D eigenvalue weighted by molar-refractivity contribution is -0.141. The van der Waals surface area contributed by atoms with Crippen LogP contribution in [0.3, 0.4) is 0 Å². The van der Waals surface area contributed by atoms with Crippen molar-refractivity contribution in [3.05, 3.63) is 40.3 Å². The number of anilines is 1. The minimum absolute atomic E-state index is 0.0533. The number of nitrogens with zero attached hydrogens (tertiary/aromatic N) is 3. The van der Waals surface area contributed by atoms with Gasteiger partial charge in [0.2, 0.25) is 23.6 Å². The maximum absolute atomic E-state index is 13.5. The van der Waals surface area contributed by atoms with E-state index in [1.165, 1.54) is 0 Å². The summed E-state index contributed by atoms with van der Waals surface area (Å²) in [5, 5.41) is 25.2. The number of rotatable bonds is 17. The third-order valence-corrected chi connectivity index (χ3v) is 6.18. The smallest absolute Gasteiger partial charge is 0.407 e. The molecule has 0 radical (unpaired) electrons.